The molecular weight excluding hydrogens is 190 g/mol. The Morgan fingerprint density at radius 2 is 2.15 bits per heavy atom. The summed E-state index contributed by atoms with van der Waals surface area (Å²) in [5, 5.41) is -0.259. The Labute approximate surface area is 76.5 Å². The van der Waals surface area contributed by atoms with Gasteiger partial charge in [0.2, 0.25) is 9.84 Å². The molecule has 5 heteroatoms. The summed E-state index contributed by atoms with van der Waals surface area (Å²) in [6.07, 6.45) is 1.48. The maximum atomic E-state index is 11.7. The van der Waals surface area contributed by atoms with Crippen LogP contribution in [-0.4, -0.2) is 31.9 Å². The van der Waals surface area contributed by atoms with Gasteiger partial charge in [-0.15, -0.1) is 0 Å². The van der Waals surface area contributed by atoms with Crippen molar-refractivity contribution in [3.63, 3.8) is 0 Å². The molecule has 1 aromatic heterocycles. The molecule has 0 unspecified atom stereocenters. The van der Waals surface area contributed by atoms with Crippen molar-refractivity contribution in [1.82, 2.24) is 4.98 Å². The van der Waals surface area contributed by atoms with Crippen molar-refractivity contribution in [2.75, 3.05) is 13.2 Å². The smallest absolute Gasteiger partial charge is 0.202 e. The lowest BCUT2D eigenvalue weighted by Crippen LogP contribution is -2.40. The summed E-state index contributed by atoms with van der Waals surface area (Å²) in [6, 6.07) is 4.86. The number of pyridine rings is 1. The van der Waals surface area contributed by atoms with Crippen molar-refractivity contribution in [3.8, 4) is 0 Å². The molecule has 0 aromatic carbocycles. The van der Waals surface area contributed by atoms with E-state index in [4.69, 9.17) is 4.74 Å². The molecule has 1 aromatic rings. The monoisotopic (exact) mass is 199 g/mol. The molecule has 13 heavy (non-hydrogen) atoms. The molecule has 2 heterocycles. The van der Waals surface area contributed by atoms with E-state index >= 15 is 0 Å². The van der Waals surface area contributed by atoms with Crippen LogP contribution < -0.4 is 0 Å². The number of ether oxygens (including phenoxy) is 1. The minimum atomic E-state index is -3.24. The Bertz CT molecular complexity index is 383. The van der Waals surface area contributed by atoms with E-state index in [-0.39, 0.29) is 5.03 Å². The van der Waals surface area contributed by atoms with E-state index in [1.54, 1.807) is 12.1 Å². The van der Waals surface area contributed by atoms with Crippen LogP contribution in [0.1, 0.15) is 0 Å². The normalized spacial score (nSPS) is 18.2. The average Bonchev–Trinajstić information content (AvgIpc) is 2.02. The fraction of sp³-hybridized carbons (Fsp3) is 0.375. The van der Waals surface area contributed by atoms with E-state index in [2.05, 4.69) is 4.98 Å². The lowest BCUT2D eigenvalue weighted by Gasteiger charge is -2.24. The zero-order valence-corrected chi connectivity index (χ0v) is 7.70. The first kappa shape index (κ1) is 8.65. The molecule has 70 valence electrons. The van der Waals surface area contributed by atoms with Gasteiger partial charge in [0, 0.05) is 6.20 Å². The predicted molar refractivity (Wildman–Crippen MR) is 46.0 cm³/mol. The minimum Gasteiger partial charge on any atom is -0.379 e. The lowest BCUT2D eigenvalue weighted by atomic mass is 10.4. The molecule has 1 aliphatic heterocycles. The van der Waals surface area contributed by atoms with Crippen molar-refractivity contribution in [3.05, 3.63) is 24.4 Å². The van der Waals surface area contributed by atoms with Crippen molar-refractivity contribution in [1.29, 1.82) is 0 Å². The molecule has 1 fully saturated rings. The second kappa shape index (κ2) is 3.08. The summed E-state index contributed by atoms with van der Waals surface area (Å²) in [4.78, 5) is 3.81. The van der Waals surface area contributed by atoms with Crippen LogP contribution in [0.4, 0.5) is 0 Å². The SMILES string of the molecule is O=S(=O)(c1ccccn1)C1COC1. The Kier molecular flexibility index (Phi) is 2.05. The molecule has 0 aliphatic carbocycles. The fourth-order valence-electron chi connectivity index (χ4n) is 1.08. The van der Waals surface area contributed by atoms with Gasteiger partial charge in [0.05, 0.1) is 13.2 Å². The molecule has 2 rings (SSSR count). The Balaban J connectivity index is 2.35. The number of sulfone groups is 1. The lowest BCUT2D eigenvalue weighted by molar-refractivity contribution is 0.0415. The van der Waals surface area contributed by atoms with Gasteiger partial charge < -0.3 is 4.74 Å². The first-order valence-corrected chi connectivity index (χ1v) is 5.48. The van der Waals surface area contributed by atoms with E-state index in [9.17, 15) is 8.42 Å². The highest BCUT2D eigenvalue weighted by Gasteiger charge is 2.34. The quantitative estimate of drug-likeness (QED) is 0.685. The second-order valence-corrected chi connectivity index (χ2v) is 5.05. The van der Waals surface area contributed by atoms with Gasteiger partial charge in [-0.3, -0.25) is 0 Å². The first-order valence-electron chi connectivity index (χ1n) is 3.94. The average molecular weight is 199 g/mol. The Morgan fingerprint density at radius 1 is 1.38 bits per heavy atom. The molecule has 1 saturated heterocycles. The number of hydrogen-bond donors (Lipinski definition) is 0. The summed E-state index contributed by atoms with van der Waals surface area (Å²) < 4.78 is 28.2. The van der Waals surface area contributed by atoms with Crippen LogP contribution in [0.5, 0.6) is 0 Å². The van der Waals surface area contributed by atoms with Crippen molar-refractivity contribution < 1.29 is 13.2 Å². The van der Waals surface area contributed by atoms with E-state index in [0.717, 1.165) is 0 Å². The highest BCUT2D eigenvalue weighted by atomic mass is 32.2. The van der Waals surface area contributed by atoms with Gasteiger partial charge in [-0.25, -0.2) is 13.4 Å². The molecule has 0 atom stereocenters. The topological polar surface area (TPSA) is 56.3 Å². The van der Waals surface area contributed by atoms with Gasteiger partial charge in [0.1, 0.15) is 5.25 Å². The van der Waals surface area contributed by atoms with Gasteiger partial charge in [-0.2, -0.15) is 0 Å². The molecule has 4 nitrogen and oxygen atoms in total. The number of rotatable bonds is 2. The zero-order chi connectivity index (χ0) is 9.31. The first-order chi connectivity index (χ1) is 6.21. The third-order valence-electron chi connectivity index (χ3n) is 1.98. The molecule has 0 amide bonds. The predicted octanol–water partition coefficient (Wildman–Crippen LogP) is 0.254. The van der Waals surface area contributed by atoms with Gasteiger partial charge >= 0.3 is 0 Å². The van der Waals surface area contributed by atoms with E-state index in [1.807, 2.05) is 0 Å². The molecule has 0 saturated carbocycles. The van der Waals surface area contributed by atoms with Gasteiger partial charge in [-0.1, -0.05) is 6.07 Å². The van der Waals surface area contributed by atoms with Crippen molar-refractivity contribution in [2.24, 2.45) is 0 Å². The van der Waals surface area contributed by atoms with Crippen LogP contribution in [0, 0.1) is 0 Å². The molecule has 0 radical (unpaired) electrons. The maximum Gasteiger partial charge on any atom is 0.202 e. The molecular formula is C8H9NO3S. The Morgan fingerprint density at radius 3 is 2.62 bits per heavy atom. The van der Waals surface area contributed by atoms with Crippen LogP contribution in [0.25, 0.3) is 0 Å². The molecule has 0 spiro atoms. The van der Waals surface area contributed by atoms with E-state index in [0.29, 0.717) is 13.2 Å². The maximum absolute atomic E-state index is 11.7. The second-order valence-electron chi connectivity index (χ2n) is 2.87. The van der Waals surface area contributed by atoms with Gasteiger partial charge in [0.25, 0.3) is 0 Å². The van der Waals surface area contributed by atoms with Crippen molar-refractivity contribution >= 4 is 9.84 Å². The highest BCUT2D eigenvalue weighted by molar-refractivity contribution is 7.92. The number of hydrogen-bond acceptors (Lipinski definition) is 4. The van der Waals surface area contributed by atoms with Gasteiger partial charge in [-0.05, 0) is 12.1 Å². The highest BCUT2D eigenvalue weighted by Crippen LogP contribution is 2.18. The van der Waals surface area contributed by atoms with Crippen LogP contribution in [0.3, 0.4) is 0 Å². The summed E-state index contributed by atoms with van der Waals surface area (Å²) in [6.45, 7) is 0.581. The van der Waals surface area contributed by atoms with Crippen LogP contribution in [0.15, 0.2) is 29.4 Å². The summed E-state index contributed by atoms with van der Waals surface area (Å²) >= 11 is 0. The summed E-state index contributed by atoms with van der Waals surface area (Å²) in [7, 11) is -3.24. The largest absolute Gasteiger partial charge is 0.379 e. The Hall–Kier alpha value is -0.940. The summed E-state index contributed by atoms with van der Waals surface area (Å²) in [5.74, 6) is 0. The standard InChI is InChI=1S/C8H9NO3S/c10-13(11,7-5-12-6-7)8-3-1-2-4-9-8/h1-4,7H,5-6H2. The molecule has 1 aliphatic rings. The number of aromatic nitrogens is 1. The fourth-order valence-corrected chi connectivity index (χ4v) is 2.45. The third-order valence-corrected chi connectivity index (χ3v) is 3.95. The van der Waals surface area contributed by atoms with Crippen LogP contribution in [-0.2, 0) is 14.6 Å². The van der Waals surface area contributed by atoms with E-state index < -0.39 is 15.1 Å². The summed E-state index contributed by atoms with van der Waals surface area (Å²) in [5.41, 5.74) is 0. The van der Waals surface area contributed by atoms with Crippen molar-refractivity contribution in [2.45, 2.75) is 10.3 Å². The zero-order valence-electron chi connectivity index (χ0n) is 6.88. The minimum absolute atomic E-state index is 0.142. The van der Waals surface area contributed by atoms with Gasteiger partial charge in [0.15, 0.2) is 5.03 Å². The molecule has 0 bridgehead atoms. The number of nitrogens with zero attached hydrogens (tertiary/aromatic N) is 1. The van der Waals surface area contributed by atoms with E-state index in [1.165, 1.54) is 12.3 Å². The van der Waals surface area contributed by atoms with Crippen LogP contribution in [0.2, 0.25) is 0 Å². The molecule has 0 N–H and O–H groups in total. The third kappa shape index (κ3) is 1.45. The van der Waals surface area contributed by atoms with Crippen LogP contribution >= 0.6 is 0 Å².